The second-order valence-corrected chi connectivity index (χ2v) is 17.6. The second kappa shape index (κ2) is 15.4. The van der Waals surface area contributed by atoms with Crippen molar-refractivity contribution in [2.75, 3.05) is 14.7 Å². The zero-order chi connectivity index (χ0) is 43.8. The molecule has 5 heteroatoms. The maximum Gasteiger partial charge on any atom is 0.258 e. The Labute approximate surface area is 381 Å². The van der Waals surface area contributed by atoms with Crippen molar-refractivity contribution in [3.63, 3.8) is 0 Å². The predicted molar refractivity (Wildman–Crippen MR) is 276 cm³/mol. The first-order valence-electron chi connectivity index (χ1n) is 22.5. The first-order chi connectivity index (χ1) is 31.9. The average Bonchev–Trinajstić information content (AvgIpc) is 3.34. The van der Waals surface area contributed by atoms with Crippen molar-refractivity contribution in [3.8, 4) is 11.5 Å². The van der Waals surface area contributed by atoms with Gasteiger partial charge in [-0.15, -0.1) is 0 Å². The van der Waals surface area contributed by atoms with Gasteiger partial charge in [0, 0.05) is 56.7 Å². The van der Waals surface area contributed by atoms with Gasteiger partial charge >= 0.3 is 0 Å². The van der Waals surface area contributed by atoms with Crippen molar-refractivity contribution in [1.82, 2.24) is 0 Å². The highest BCUT2D eigenvalue weighted by molar-refractivity contribution is 7.02. The third kappa shape index (κ3) is 6.37. The van der Waals surface area contributed by atoms with E-state index >= 15 is 0 Å². The third-order valence-electron chi connectivity index (χ3n) is 13.3. The van der Waals surface area contributed by atoms with E-state index in [9.17, 15) is 0 Å². The SMILES string of the molecule is Cc1ccc(N(c2ccc(C)cc2)c2cc3c(c4ccccc24)B2c4c(cccc4N(c4ccccc4)c4cc(N(c5ccc(C)cc5)c5ccc(C)cc5)c5ccccc5c42)O3)cc1. The molecule has 0 radical (unpaired) electrons. The van der Waals surface area contributed by atoms with Crippen molar-refractivity contribution in [1.29, 1.82) is 0 Å². The predicted octanol–water partition coefficient (Wildman–Crippen LogP) is 14.6. The van der Waals surface area contributed by atoms with Crippen LogP contribution in [-0.2, 0) is 0 Å². The topological polar surface area (TPSA) is 19.0 Å². The van der Waals surface area contributed by atoms with Gasteiger partial charge in [0.15, 0.2) is 0 Å². The number of rotatable bonds is 7. The Balaban J connectivity index is 1.17. The molecule has 65 heavy (non-hydrogen) atoms. The molecule has 10 aromatic rings. The van der Waals surface area contributed by atoms with Crippen LogP contribution in [0, 0.1) is 27.7 Å². The lowest BCUT2D eigenvalue weighted by Gasteiger charge is -2.42. The van der Waals surface area contributed by atoms with Gasteiger partial charge in [0.05, 0.1) is 11.4 Å². The van der Waals surface area contributed by atoms with Crippen LogP contribution in [0.2, 0.25) is 0 Å². The molecule has 0 amide bonds. The van der Waals surface area contributed by atoms with Gasteiger partial charge in [-0.1, -0.05) is 144 Å². The Morgan fingerprint density at radius 2 is 0.785 bits per heavy atom. The Morgan fingerprint density at radius 3 is 1.28 bits per heavy atom. The molecule has 0 aromatic heterocycles. The van der Waals surface area contributed by atoms with E-state index in [1.54, 1.807) is 0 Å². The molecule has 12 rings (SSSR count). The number of para-hydroxylation sites is 1. The van der Waals surface area contributed by atoms with Crippen LogP contribution < -0.4 is 35.8 Å². The van der Waals surface area contributed by atoms with Crippen molar-refractivity contribution in [2.45, 2.75) is 27.7 Å². The molecule has 10 aromatic carbocycles. The summed E-state index contributed by atoms with van der Waals surface area (Å²) in [7, 11) is 0. The van der Waals surface area contributed by atoms with Crippen LogP contribution in [0.3, 0.4) is 0 Å². The summed E-state index contributed by atoms with van der Waals surface area (Å²) < 4.78 is 7.28. The van der Waals surface area contributed by atoms with Gasteiger partial charge in [0.25, 0.3) is 6.71 Å². The molecule has 0 atom stereocenters. The van der Waals surface area contributed by atoms with E-state index in [1.807, 2.05) is 0 Å². The molecule has 0 fully saturated rings. The number of benzene rings is 10. The number of ether oxygens (including phenoxy) is 1. The molecule has 0 spiro atoms. The van der Waals surface area contributed by atoms with Crippen LogP contribution >= 0.6 is 0 Å². The Kier molecular flexibility index (Phi) is 9.13. The minimum atomic E-state index is -0.141. The largest absolute Gasteiger partial charge is 0.458 e. The van der Waals surface area contributed by atoms with E-state index in [4.69, 9.17) is 4.74 Å². The molecule has 2 aliphatic heterocycles. The van der Waals surface area contributed by atoms with Gasteiger partial charge in [0.1, 0.15) is 11.5 Å². The summed E-state index contributed by atoms with van der Waals surface area (Å²) in [6.07, 6.45) is 0. The van der Waals surface area contributed by atoms with Crippen molar-refractivity contribution < 1.29 is 4.74 Å². The van der Waals surface area contributed by atoms with Crippen LogP contribution in [0.25, 0.3) is 21.5 Å². The Bertz CT molecular complexity index is 3350. The normalized spacial score (nSPS) is 12.4. The summed E-state index contributed by atoms with van der Waals surface area (Å²) in [6.45, 7) is 8.45. The fourth-order valence-electron chi connectivity index (χ4n) is 10.2. The number of aryl methyl sites for hydroxylation is 4. The maximum absolute atomic E-state index is 7.28. The zero-order valence-electron chi connectivity index (χ0n) is 37.0. The zero-order valence-corrected chi connectivity index (χ0v) is 37.0. The van der Waals surface area contributed by atoms with E-state index in [1.165, 1.54) is 54.8 Å². The molecule has 0 saturated heterocycles. The van der Waals surface area contributed by atoms with Gasteiger partial charge < -0.3 is 19.4 Å². The summed E-state index contributed by atoms with van der Waals surface area (Å²) in [5, 5.41) is 4.72. The van der Waals surface area contributed by atoms with E-state index in [-0.39, 0.29) is 6.71 Å². The number of anilines is 9. The number of hydrogen-bond acceptors (Lipinski definition) is 4. The van der Waals surface area contributed by atoms with Crippen molar-refractivity contribution >= 4 is 95.8 Å². The van der Waals surface area contributed by atoms with Gasteiger partial charge in [-0.3, -0.25) is 0 Å². The minimum Gasteiger partial charge on any atom is -0.458 e. The fourth-order valence-corrected chi connectivity index (χ4v) is 10.2. The summed E-state index contributed by atoms with van der Waals surface area (Å²) >= 11 is 0. The lowest BCUT2D eigenvalue weighted by molar-refractivity contribution is 0.488. The molecule has 2 heterocycles. The fraction of sp³-hybridized carbons (Fsp3) is 0.0667. The highest BCUT2D eigenvalue weighted by Crippen LogP contribution is 2.49. The first-order valence-corrected chi connectivity index (χ1v) is 22.5. The van der Waals surface area contributed by atoms with Gasteiger partial charge in [-0.05, 0) is 134 Å². The lowest BCUT2D eigenvalue weighted by atomic mass is 9.33. The third-order valence-corrected chi connectivity index (χ3v) is 13.3. The standard InChI is InChI=1S/C60H46BN3O/c1-39-21-29-44(30-22-39)62(45-31-23-40(2)24-32-45)53-37-55-58(50-17-10-8-15-48(50)53)61-59-51-18-11-9-16-49(51)54(63(46-33-25-41(3)26-34-46)47-35-27-42(4)28-36-47)38-57(59)65-56-20-12-19-52(60(56)61)64(55)43-13-6-5-7-14-43/h5-38H,1-4H3. The molecule has 2 aliphatic rings. The molecule has 0 saturated carbocycles. The lowest BCUT2D eigenvalue weighted by Crippen LogP contribution is -2.60. The number of hydrogen-bond donors (Lipinski definition) is 0. The van der Waals surface area contributed by atoms with Crippen LogP contribution in [0.1, 0.15) is 22.3 Å². The summed E-state index contributed by atoms with van der Waals surface area (Å²) in [5.74, 6) is 1.74. The second-order valence-electron chi connectivity index (χ2n) is 17.6. The Morgan fingerprint density at radius 1 is 0.354 bits per heavy atom. The van der Waals surface area contributed by atoms with Crippen LogP contribution in [0.4, 0.5) is 51.2 Å². The summed E-state index contributed by atoms with van der Waals surface area (Å²) in [4.78, 5) is 7.28. The van der Waals surface area contributed by atoms with Gasteiger partial charge in [-0.2, -0.15) is 0 Å². The molecule has 0 N–H and O–H groups in total. The highest BCUT2D eigenvalue weighted by atomic mass is 16.5. The number of fused-ring (bicyclic) bond motifs is 8. The monoisotopic (exact) mass is 835 g/mol. The van der Waals surface area contributed by atoms with Crippen LogP contribution in [0.5, 0.6) is 11.5 Å². The number of nitrogens with zero attached hydrogens (tertiary/aromatic N) is 3. The van der Waals surface area contributed by atoms with Crippen LogP contribution in [-0.4, -0.2) is 6.71 Å². The Hall–Kier alpha value is -8.02. The van der Waals surface area contributed by atoms with E-state index < -0.39 is 0 Å². The van der Waals surface area contributed by atoms with Gasteiger partial charge in [-0.25, -0.2) is 0 Å². The molecular weight excluding hydrogens is 789 g/mol. The van der Waals surface area contributed by atoms with Crippen molar-refractivity contribution in [3.05, 3.63) is 229 Å². The van der Waals surface area contributed by atoms with E-state index in [2.05, 4.69) is 249 Å². The van der Waals surface area contributed by atoms with E-state index in [0.717, 1.165) is 68.1 Å². The van der Waals surface area contributed by atoms with Gasteiger partial charge in [0.2, 0.25) is 0 Å². The van der Waals surface area contributed by atoms with E-state index in [0.29, 0.717) is 0 Å². The summed E-state index contributed by atoms with van der Waals surface area (Å²) in [5.41, 5.74) is 18.5. The molecule has 0 bridgehead atoms. The smallest absolute Gasteiger partial charge is 0.258 e. The first kappa shape index (κ1) is 38.6. The average molecular weight is 836 g/mol. The molecule has 0 unspecified atom stereocenters. The molecule has 0 aliphatic carbocycles. The minimum absolute atomic E-state index is 0.141. The molecule has 310 valence electrons. The highest BCUT2D eigenvalue weighted by Gasteiger charge is 2.44. The molecular formula is C60H46BN3O. The maximum atomic E-state index is 7.28. The summed E-state index contributed by atoms with van der Waals surface area (Å²) in [6, 6.07) is 75.6. The quantitative estimate of drug-likeness (QED) is 0.149. The van der Waals surface area contributed by atoms with Crippen LogP contribution in [0.15, 0.2) is 206 Å². The van der Waals surface area contributed by atoms with Crippen molar-refractivity contribution in [2.24, 2.45) is 0 Å². The molecule has 4 nitrogen and oxygen atoms in total.